The van der Waals surface area contributed by atoms with Gasteiger partial charge < -0.3 is 20.0 Å². The number of nitrogens with zero attached hydrogens (tertiary/aromatic N) is 9. The van der Waals surface area contributed by atoms with Crippen LogP contribution in [0.15, 0.2) is 82.4 Å². The lowest BCUT2D eigenvalue weighted by atomic mass is 10.1. The molecular formula is C37H36N10O2. The summed E-state index contributed by atoms with van der Waals surface area (Å²) in [6.07, 6.45) is 1.99. The van der Waals surface area contributed by atoms with Crippen LogP contribution in [0, 0.1) is 0 Å². The number of pyridine rings is 2. The second-order valence-electron chi connectivity index (χ2n) is 13.1. The predicted molar refractivity (Wildman–Crippen MR) is 195 cm³/mol. The van der Waals surface area contributed by atoms with Crippen molar-refractivity contribution >= 4 is 66.0 Å². The fraction of sp³-hybridized carbons (Fsp3) is 0.297. The minimum absolute atomic E-state index is 0.0144. The van der Waals surface area contributed by atoms with Gasteiger partial charge in [-0.05, 0) is 74.5 Å². The van der Waals surface area contributed by atoms with Gasteiger partial charge in [-0.2, -0.15) is 0 Å². The van der Waals surface area contributed by atoms with E-state index in [2.05, 4.69) is 47.7 Å². The molecule has 1 saturated heterocycles. The first-order valence-corrected chi connectivity index (χ1v) is 17.0. The molecule has 1 aliphatic rings. The van der Waals surface area contributed by atoms with Crippen LogP contribution < -0.4 is 21.1 Å². The molecule has 0 atom stereocenters. The zero-order valence-corrected chi connectivity index (χ0v) is 27.3. The maximum absolute atomic E-state index is 13.6. The first-order chi connectivity index (χ1) is 24.1. The van der Waals surface area contributed by atoms with Crippen LogP contribution in [0.5, 0.6) is 0 Å². The van der Waals surface area contributed by atoms with Crippen molar-refractivity contribution in [3.8, 4) is 0 Å². The fourth-order valence-electron chi connectivity index (χ4n) is 7.66. The Hall–Kier alpha value is -5.46. The number of rotatable bonds is 10. The number of hydrogen-bond donors (Lipinski definition) is 1. The smallest absolute Gasteiger partial charge is 0.199 e. The van der Waals surface area contributed by atoms with E-state index >= 15 is 0 Å². The minimum atomic E-state index is 0.0144. The van der Waals surface area contributed by atoms with Crippen molar-refractivity contribution in [2.24, 2.45) is 0 Å². The summed E-state index contributed by atoms with van der Waals surface area (Å²) in [4.78, 5) is 34.4. The van der Waals surface area contributed by atoms with Crippen LogP contribution in [0.25, 0.3) is 54.6 Å². The Labute approximate surface area is 280 Å². The summed E-state index contributed by atoms with van der Waals surface area (Å²) < 4.78 is 3.59. The third-order valence-corrected chi connectivity index (χ3v) is 10.2. The second-order valence-corrected chi connectivity index (χ2v) is 13.1. The van der Waals surface area contributed by atoms with Gasteiger partial charge in [-0.25, -0.2) is 9.03 Å². The van der Waals surface area contributed by atoms with Crippen LogP contribution >= 0.6 is 0 Å². The van der Waals surface area contributed by atoms with E-state index in [0.717, 1.165) is 110 Å². The summed E-state index contributed by atoms with van der Waals surface area (Å²) in [5, 5.41) is 23.5. The molecule has 12 heteroatoms. The maximum atomic E-state index is 13.6. The molecule has 9 rings (SSSR count). The van der Waals surface area contributed by atoms with Gasteiger partial charge in [-0.15, -0.1) is 10.2 Å². The van der Waals surface area contributed by atoms with Crippen molar-refractivity contribution in [3.05, 3.63) is 93.2 Å². The van der Waals surface area contributed by atoms with Gasteiger partial charge in [0.1, 0.15) is 22.1 Å². The highest BCUT2D eigenvalue weighted by Crippen LogP contribution is 2.30. The Morgan fingerprint density at radius 1 is 0.673 bits per heavy atom. The molecule has 0 spiro atoms. The lowest BCUT2D eigenvalue weighted by Crippen LogP contribution is -2.47. The first-order valence-electron chi connectivity index (χ1n) is 17.0. The average Bonchev–Trinajstić information content (AvgIpc) is 3.78. The summed E-state index contributed by atoms with van der Waals surface area (Å²) in [6, 6.07) is 23.0. The molecule has 0 aliphatic carbocycles. The molecule has 246 valence electrons. The molecule has 0 unspecified atom stereocenters. The maximum Gasteiger partial charge on any atom is 0.199 e. The molecule has 0 radical (unpaired) electrons. The van der Waals surface area contributed by atoms with E-state index in [9.17, 15) is 9.59 Å². The molecule has 8 aromatic rings. The van der Waals surface area contributed by atoms with E-state index in [4.69, 9.17) is 0 Å². The van der Waals surface area contributed by atoms with Gasteiger partial charge in [0.05, 0.1) is 27.5 Å². The molecule has 12 nitrogen and oxygen atoms in total. The summed E-state index contributed by atoms with van der Waals surface area (Å²) >= 11 is 0. The Morgan fingerprint density at radius 3 is 1.88 bits per heavy atom. The van der Waals surface area contributed by atoms with Gasteiger partial charge in [0, 0.05) is 62.8 Å². The van der Waals surface area contributed by atoms with Crippen molar-refractivity contribution in [1.29, 1.82) is 0 Å². The molecular weight excluding hydrogens is 616 g/mol. The third-order valence-electron chi connectivity index (χ3n) is 10.2. The Balaban J connectivity index is 0.785. The zero-order valence-electron chi connectivity index (χ0n) is 27.3. The van der Waals surface area contributed by atoms with E-state index in [-0.39, 0.29) is 10.9 Å². The molecule has 49 heavy (non-hydrogen) atoms. The second kappa shape index (κ2) is 11.9. The highest BCUT2D eigenvalue weighted by molar-refractivity contribution is 6.07. The standard InChI is InChI=1S/C37H36N10O2/c1-43(31-15-14-28-35-33(31)37(49)25-9-3-5-11-30(25)47(35)42-40-28)17-7-19-45-22-20-44(21-23-45)18-6-16-38-26-12-13-27-34-32(26)36(48)24-8-2-4-10-29(24)46(34)41-39-27/h2-5,8-15,38H,6-7,16-23H2,1H3. The predicted octanol–water partition coefficient (Wildman–Crippen LogP) is 3.93. The van der Waals surface area contributed by atoms with Gasteiger partial charge in [-0.1, -0.05) is 34.7 Å². The lowest BCUT2D eigenvalue weighted by Gasteiger charge is -2.35. The van der Waals surface area contributed by atoms with Crippen molar-refractivity contribution in [1.82, 2.24) is 39.5 Å². The number of para-hydroxylation sites is 2. The van der Waals surface area contributed by atoms with Gasteiger partial charge >= 0.3 is 0 Å². The normalized spacial score (nSPS) is 14.8. The van der Waals surface area contributed by atoms with Gasteiger partial charge in [0.25, 0.3) is 0 Å². The monoisotopic (exact) mass is 652 g/mol. The van der Waals surface area contributed by atoms with Crippen LogP contribution in [0.2, 0.25) is 0 Å². The zero-order chi connectivity index (χ0) is 33.1. The molecule has 1 aliphatic heterocycles. The summed E-state index contributed by atoms with van der Waals surface area (Å²) in [5.41, 5.74) is 6.41. The van der Waals surface area contributed by atoms with E-state index in [0.29, 0.717) is 21.5 Å². The van der Waals surface area contributed by atoms with Crippen molar-refractivity contribution in [2.75, 3.05) is 69.6 Å². The highest BCUT2D eigenvalue weighted by atomic mass is 16.1. The Kier molecular flexibility index (Phi) is 7.20. The molecule has 4 aromatic carbocycles. The number of hydrogen-bond acceptors (Lipinski definition) is 10. The number of aromatic nitrogens is 6. The van der Waals surface area contributed by atoms with Crippen LogP contribution in [0.1, 0.15) is 12.8 Å². The Bertz CT molecular complexity index is 2590. The first kappa shape index (κ1) is 29.7. The molecule has 1 fully saturated rings. The molecule has 0 bridgehead atoms. The largest absolute Gasteiger partial charge is 0.384 e. The lowest BCUT2D eigenvalue weighted by molar-refractivity contribution is 0.132. The summed E-state index contributed by atoms with van der Waals surface area (Å²) in [6.45, 7) is 7.81. The molecule has 4 aromatic heterocycles. The number of piperazine rings is 1. The molecule has 0 saturated carbocycles. The van der Waals surface area contributed by atoms with Crippen molar-refractivity contribution < 1.29 is 0 Å². The summed E-state index contributed by atoms with van der Waals surface area (Å²) in [7, 11) is 2.07. The highest BCUT2D eigenvalue weighted by Gasteiger charge is 2.21. The fourth-order valence-corrected chi connectivity index (χ4v) is 7.66. The summed E-state index contributed by atoms with van der Waals surface area (Å²) in [5.74, 6) is 0. The number of benzene rings is 4. The minimum Gasteiger partial charge on any atom is -0.384 e. The average molecular weight is 653 g/mol. The molecule has 0 amide bonds. The quantitative estimate of drug-likeness (QED) is 0.172. The number of fused-ring (bicyclic) bond motifs is 4. The van der Waals surface area contributed by atoms with Crippen molar-refractivity contribution in [2.45, 2.75) is 12.8 Å². The van der Waals surface area contributed by atoms with Crippen molar-refractivity contribution in [3.63, 3.8) is 0 Å². The van der Waals surface area contributed by atoms with Crippen LogP contribution in [-0.4, -0.2) is 98.9 Å². The Morgan fingerprint density at radius 2 is 1.22 bits per heavy atom. The van der Waals surface area contributed by atoms with Crippen LogP contribution in [0.4, 0.5) is 11.4 Å². The molecule has 1 N–H and O–H groups in total. The third kappa shape index (κ3) is 4.89. The molecule has 5 heterocycles. The SMILES string of the molecule is CN(CCCN1CCN(CCCNc2ccc3nnn4c5ccccc5c(=O)c2c34)CC1)c1ccc2nnn3c4ccccc4c(=O)c1c23. The van der Waals surface area contributed by atoms with Gasteiger partial charge in [-0.3, -0.25) is 9.59 Å². The van der Waals surface area contributed by atoms with Gasteiger partial charge in [0.15, 0.2) is 10.9 Å². The van der Waals surface area contributed by atoms with E-state index in [1.54, 1.807) is 9.03 Å². The number of anilines is 2. The topological polar surface area (TPSA) is 116 Å². The number of nitrogens with one attached hydrogen (secondary N) is 1. The van der Waals surface area contributed by atoms with Crippen LogP contribution in [0.3, 0.4) is 0 Å². The van der Waals surface area contributed by atoms with E-state index in [1.807, 2.05) is 72.8 Å². The van der Waals surface area contributed by atoms with E-state index < -0.39 is 0 Å². The van der Waals surface area contributed by atoms with Crippen LogP contribution in [-0.2, 0) is 0 Å². The van der Waals surface area contributed by atoms with Gasteiger partial charge in [0.2, 0.25) is 0 Å². The van der Waals surface area contributed by atoms with E-state index in [1.165, 1.54) is 0 Å².